The van der Waals surface area contributed by atoms with E-state index in [0.29, 0.717) is 23.4 Å². The number of ether oxygens (including phenoxy) is 4. The van der Waals surface area contributed by atoms with Crippen LogP contribution >= 0.6 is 8.53 Å². The SMILES string of the molecule is COc1ccc(C(OCC2OC(n3cnc4c(N=C(C)N(C)C)ncnc43)CC2OP(OCCC#N)N(C(C)C)C(C)C)(c2ccccc2)c2ccc(OC)cc2)cc1. The summed E-state index contributed by atoms with van der Waals surface area (Å²) >= 11 is 0. The first-order chi connectivity index (χ1) is 28.5. The second kappa shape index (κ2) is 19.8. The van der Waals surface area contributed by atoms with E-state index >= 15 is 0 Å². The zero-order valence-corrected chi connectivity index (χ0v) is 36.2. The normalized spacial score (nSPS) is 17.8. The minimum Gasteiger partial charge on any atom is -0.497 e. The smallest absolute Gasteiger partial charge is 0.259 e. The van der Waals surface area contributed by atoms with E-state index in [2.05, 4.69) is 60.5 Å². The average molecular weight is 823 g/mol. The number of aliphatic imine (C=N–C) groups is 1. The first-order valence-corrected chi connectivity index (χ1v) is 20.9. The van der Waals surface area contributed by atoms with Gasteiger partial charge in [0.05, 0.1) is 52.4 Å². The lowest BCUT2D eigenvalue weighted by Gasteiger charge is -2.39. The van der Waals surface area contributed by atoms with E-state index in [4.69, 9.17) is 38.0 Å². The highest BCUT2D eigenvalue weighted by Crippen LogP contribution is 2.51. The first-order valence-electron chi connectivity index (χ1n) is 19.8. The third-order valence-electron chi connectivity index (χ3n) is 10.3. The van der Waals surface area contributed by atoms with Gasteiger partial charge in [-0.2, -0.15) is 5.26 Å². The molecule has 6 rings (SSSR count). The molecule has 3 aromatic carbocycles. The fourth-order valence-corrected chi connectivity index (χ4v) is 8.97. The van der Waals surface area contributed by atoms with Crippen LogP contribution in [0.5, 0.6) is 11.5 Å². The quantitative estimate of drug-likeness (QED) is 0.0275. The number of imidazole rings is 1. The topological polar surface area (TPSA) is 142 Å². The largest absolute Gasteiger partial charge is 0.497 e. The van der Waals surface area contributed by atoms with Gasteiger partial charge in [0.25, 0.3) is 8.53 Å². The maximum Gasteiger partial charge on any atom is 0.259 e. The van der Waals surface area contributed by atoms with Crippen molar-refractivity contribution in [1.82, 2.24) is 29.1 Å². The van der Waals surface area contributed by atoms with Crippen LogP contribution in [0.15, 0.2) is 96.5 Å². The van der Waals surface area contributed by atoms with Crippen molar-refractivity contribution >= 4 is 31.3 Å². The molecule has 2 aromatic heterocycles. The van der Waals surface area contributed by atoms with Gasteiger partial charge in [-0.25, -0.2) is 24.6 Å². The number of amidine groups is 1. The number of rotatable bonds is 18. The van der Waals surface area contributed by atoms with Crippen LogP contribution in [0.2, 0.25) is 0 Å². The number of methoxy groups -OCH3 is 2. The van der Waals surface area contributed by atoms with Crippen molar-refractivity contribution in [3.8, 4) is 17.6 Å². The van der Waals surface area contributed by atoms with E-state index < -0.39 is 32.6 Å². The lowest BCUT2D eigenvalue weighted by molar-refractivity contribution is -0.0912. The summed E-state index contributed by atoms with van der Waals surface area (Å²) in [4.78, 5) is 20.4. The van der Waals surface area contributed by atoms with Gasteiger partial charge in [-0.1, -0.05) is 54.6 Å². The van der Waals surface area contributed by atoms with Crippen LogP contribution in [-0.4, -0.2) is 101 Å². The zero-order valence-electron chi connectivity index (χ0n) is 35.3. The molecule has 5 aromatic rings. The van der Waals surface area contributed by atoms with E-state index in [9.17, 15) is 5.26 Å². The highest BCUT2D eigenvalue weighted by Gasteiger charge is 2.45. The van der Waals surface area contributed by atoms with E-state index in [1.807, 2.05) is 97.2 Å². The van der Waals surface area contributed by atoms with Gasteiger partial charge in [-0.05, 0) is 75.6 Å². The molecule has 3 heterocycles. The Morgan fingerprint density at radius 2 is 1.53 bits per heavy atom. The number of hydrogen-bond acceptors (Lipinski definition) is 12. The lowest BCUT2D eigenvalue weighted by Crippen LogP contribution is -2.39. The molecule has 312 valence electrons. The number of benzene rings is 3. The molecule has 4 atom stereocenters. The molecule has 4 unspecified atom stereocenters. The fourth-order valence-electron chi connectivity index (χ4n) is 7.21. The molecule has 0 N–H and O–H groups in total. The minimum atomic E-state index is -1.62. The van der Waals surface area contributed by atoms with Crippen molar-refractivity contribution in [3.05, 3.63) is 108 Å². The van der Waals surface area contributed by atoms with Crippen LogP contribution in [0.4, 0.5) is 5.82 Å². The molecular weight excluding hydrogens is 768 g/mol. The molecule has 14 nitrogen and oxygen atoms in total. The molecular formula is C44H55N8O6P. The van der Waals surface area contributed by atoms with Crippen LogP contribution in [0.25, 0.3) is 11.2 Å². The number of fused-ring (bicyclic) bond motifs is 1. The van der Waals surface area contributed by atoms with Crippen molar-refractivity contribution in [3.63, 3.8) is 0 Å². The summed E-state index contributed by atoms with van der Waals surface area (Å²) in [5.74, 6) is 2.71. The highest BCUT2D eigenvalue weighted by molar-refractivity contribution is 7.44. The predicted molar refractivity (Wildman–Crippen MR) is 229 cm³/mol. The van der Waals surface area contributed by atoms with Crippen molar-refractivity contribution in [2.24, 2.45) is 4.99 Å². The van der Waals surface area contributed by atoms with Crippen molar-refractivity contribution in [2.45, 2.75) is 83.6 Å². The predicted octanol–water partition coefficient (Wildman–Crippen LogP) is 8.41. The minimum absolute atomic E-state index is 0.103. The molecule has 0 spiro atoms. The van der Waals surface area contributed by atoms with Gasteiger partial charge in [0.1, 0.15) is 41.6 Å². The van der Waals surface area contributed by atoms with Crippen molar-refractivity contribution in [1.29, 1.82) is 5.26 Å². The maximum atomic E-state index is 9.41. The summed E-state index contributed by atoms with van der Waals surface area (Å²) < 4.78 is 43.1. The Balaban J connectivity index is 1.44. The van der Waals surface area contributed by atoms with Gasteiger partial charge in [-0.15, -0.1) is 0 Å². The van der Waals surface area contributed by atoms with Crippen LogP contribution in [0.1, 0.15) is 70.4 Å². The summed E-state index contributed by atoms with van der Waals surface area (Å²) in [6, 6.07) is 28.5. The Bertz CT molecular complexity index is 2120. The number of nitrogens with zero attached hydrogens (tertiary/aromatic N) is 8. The van der Waals surface area contributed by atoms with E-state index in [0.717, 1.165) is 34.0 Å². The van der Waals surface area contributed by atoms with Crippen LogP contribution in [0, 0.1) is 11.3 Å². The summed E-state index contributed by atoms with van der Waals surface area (Å²) in [6.45, 7) is 10.8. The van der Waals surface area contributed by atoms with Gasteiger partial charge in [0, 0.05) is 32.6 Å². The van der Waals surface area contributed by atoms with Crippen LogP contribution in [0.3, 0.4) is 0 Å². The highest BCUT2D eigenvalue weighted by atomic mass is 31.2. The molecule has 59 heavy (non-hydrogen) atoms. The Labute approximate surface area is 348 Å². The maximum absolute atomic E-state index is 9.41. The summed E-state index contributed by atoms with van der Waals surface area (Å²) in [5.41, 5.74) is 2.77. The molecule has 0 aliphatic carbocycles. The molecule has 0 amide bonds. The Kier molecular flexibility index (Phi) is 14.6. The van der Waals surface area contributed by atoms with Gasteiger partial charge in [0.2, 0.25) is 0 Å². The van der Waals surface area contributed by atoms with Gasteiger partial charge >= 0.3 is 0 Å². The lowest BCUT2D eigenvalue weighted by atomic mass is 9.80. The molecule has 1 saturated heterocycles. The molecule has 0 radical (unpaired) electrons. The third kappa shape index (κ3) is 9.73. The van der Waals surface area contributed by atoms with E-state index in [1.54, 1.807) is 20.5 Å². The standard InChI is InChI=1S/C44H55N8O6P/c1-30(2)52(31(3)4)59(56-25-13-24-45)58-38-26-40(51-29-48-41-42(46-28-47-43(41)51)49-32(5)50(6)7)57-39(38)27-55-44(33-14-11-10-12-15-33,34-16-20-36(53-8)21-17-34)35-18-22-37(54-9)23-19-35/h10-12,14-23,28-31,38-40H,13,25-27H2,1-9H3. The molecule has 15 heteroatoms. The number of nitriles is 1. The third-order valence-corrected chi connectivity index (χ3v) is 12.4. The molecule has 0 saturated carbocycles. The Hall–Kier alpha value is -5.00. The number of hydrogen-bond donors (Lipinski definition) is 0. The average Bonchev–Trinajstić information content (AvgIpc) is 3.86. The van der Waals surface area contributed by atoms with Gasteiger partial charge in [0.15, 0.2) is 17.0 Å². The Morgan fingerprint density at radius 1 is 0.915 bits per heavy atom. The van der Waals surface area contributed by atoms with E-state index in [-0.39, 0.29) is 31.7 Å². The summed E-state index contributed by atoms with van der Waals surface area (Å²) in [6.07, 6.45) is 2.28. The second-order valence-electron chi connectivity index (χ2n) is 14.9. The Morgan fingerprint density at radius 3 is 2.08 bits per heavy atom. The molecule has 1 aliphatic rings. The van der Waals surface area contributed by atoms with Crippen LogP contribution < -0.4 is 9.47 Å². The van der Waals surface area contributed by atoms with Crippen molar-refractivity contribution < 1.29 is 28.0 Å². The van der Waals surface area contributed by atoms with Gasteiger partial charge < -0.3 is 32.9 Å². The van der Waals surface area contributed by atoms with Crippen molar-refractivity contribution in [2.75, 3.05) is 41.5 Å². The molecule has 0 bridgehead atoms. The van der Waals surface area contributed by atoms with E-state index in [1.165, 1.54) is 6.33 Å². The van der Waals surface area contributed by atoms with Crippen LogP contribution in [-0.2, 0) is 24.1 Å². The fraction of sp³-hybridized carbons (Fsp3) is 0.432. The van der Waals surface area contributed by atoms with Gasteiger partial charge in [-0.3, -0.25) is 4.57 Å². The monoisotopic (exact) mass is 822 g/mol. The molecule has 1 fully saturated rings. The summed E-state index contributed by atoms with van der Waals surface area (Å²) in [7, 11) is 5.54. The number of aromatic nitrogens is 4. The first kappa shape index (κ1) is 43.6. The molecule has 1 aliphatic heterocycles. The summed E-state index contributed by atoms with van der Waals surface area (Å²) in [5, 5.41) is 9.41. The second-order valence-corrected chi connectivity index (χ2v) is 16.4. The zero-order chi connectivity index (χ0) is 42.1.